The maximum atomic E-state index is 3.68. The molecule has 1 N–H and O–H groups in total. The van der Waals surface area contributed by atoms with Gasteiger partial charge < -0.3 is 10.2 Å². The maximum absolute atomic E-state index is 3.68. The van der Waals surface area contributed by atoms with Crippen molar-refractivity contribution in [1.82, 2.24) is 10.2 Å². The SMILES string of the molecule is CCCCN(C)CC1(CNCCC)CCCCC1. The molecule has 0 aromatic carbocycles. The van der Waals surface area contributed by atoms with Crippen molar-refractivity contribution in [3.05, 3.63) is 0 Å². The second-order valence-corrected chi connectivity index (χ2v) is 6.33. The predicted octanol–water partition coefficient (Wildman–Crippen LogP) is 3.67. The minimum atomic E-state index is 0.565. The third-order valence-corrected chi connectivity index (χ3v) is 4.34. The van der Waals surface area contributed by atoms with Crippen LogP contribution in [0.15, 0.2) is 0 Å². The topological polar surface area (TPSA) is 15.3 Å². The molecule has 0 unspecified atom stereocenters. The van der Waals surface area contributed by atoms with Crippen molar-refractivity contribution in [2.45, 2.75) is 65.2 Å². The van der Waals surface area contributed by atoms with Gasteiger partial charge in [0.25, 0.3) is 0 Å². The van der Waals surface area contributed by atoms with E-state index in [0.717, 1.165) is 0 Å². The van der Waals surface area contributed by atoms with Crippen LogP contribution in [0.1, 0.15) is 65.2 Å². The molecular weight excluding hydrogens is 220 g/mol. The Labute approximate surface area is 115 Å². The molecule has 0 bridgehead atoms. The van der Waals surface area contributed by atoms with Crippen LogP contribution in [-0.4, -0.2) is 38.1 Å². The molecule has 0 spiro atoms. The van der Waals surface area contributed by atoms with Crippen molar-refractivity contribution in [3.8, 4) is 0 Å². The van der Waals surface area contributed by atoms with Gasteiger partial charge in [0, 0.05) is 13.1 Å². The summed E-state index contributed by atoms with van der Waals surface area (Å²) in [5, 5.41) is 3.68. The number of hydrogen-bond donors (Lipinski definition) is 1. The van der Waals surface area contributed by atoms with Crippen LogP contribution in [-0.2, 0) is 0 Å². The summed E-state index contributed by atoms with van der Waals surface area (Å²) >= 11 is 0. The average molecular weight is 254 g/mol. The van der Waals surface area contributed by atoms with Crippen LogP contribution >= 0.6 is 0 Å². The minimum Gasteiger partial charge on any atom is -0.316 e. The zero-order valence-electron chi connectivity index (χ0n) is 12.9. The average Bonchev–Trinajstić information content (AvgIpc) is 2.38. The van der Waals surface area contributed by atoms with Crippen LogP contribution in [0.5, 0.6) is 0 Å². The highest BCUT2D eigenvalue weighted by molar-refractivity contribution is 4.87. The van der Waals surface area contributed by atoms with Crippen LogP contribution in [0.25, 0.3) is 0 Å². The normalized spacial score (nSPS) is 19.3. The van der Waals surface area contributed by atoms with Crippen LogP contribution < -0.4 is 5.32 Å². The summed E-state index contributed by atoms with van der Waals surface area (Å²) in [6.07, 6.45) is 11.1. The first-order chi connectivity index (χ1) is 8.72. The van der Waals surface area contributed by atoms with Gasteiger partial charge in [-0.05, 0) is 51.2 Å². The van der Waals surface area contributed by atoms with E-state index in [1.54, 1.807) is 0 Å². The summed E-state index contributed by atoms with van der Waals surface area (Å²) in [4.78, 5) is 2.57. The maximum Gasteiger partial charge on any atom is 0.00471 e. The zero-order chi connectivity index (χ0) is 13.3. The summed E-state index contributed by atoms with van der Waals surface area (Å²) in [6.45, 7) is 9.52. The highest BCUT2D eigenvalue weighted by Crippen LogP contribution is 2.36. The lowest BCUT2D eigenvalue weighted by molar-refractivity contribution is 0.117. The van der Waals surface area contributed by atoms with E-state index in [2.05, 4.69) is 31.1 Å². The van der Waals surface area contributed by atoms with Gasteiger partial charge in [-0.1, -0.05) is 39.5 Å². The van der Waals surface area contributed by atoms with E-state index in [9.17, 15) is 0 Å². The molecule has 0 amide bonds. The Morgan fingerprint density at radius 2 is 1.78 bits per heavy atom. The first-order valence-electron chi connectivity index (χ1n) is 8.12. The predicted molar refractivity (Wildman–Crippen MR) is 81.1 cm³/mol. The molecule has 0 aromatic rings. The number of nitrogens with zero attached hydrogens (tertiary/aromatic N) is 1. The van der Waals surface area contributed by atoms with Gasteiger partial charge in [-0.25, -0.2) is 0 Å². The second-order valence-electron chi connectivity index (χ2n) is 6.33. The van der Waals surface area contributed by atoms with E-state index < -0.39 is 0 Å². The van der Waals surface area contributed by atoms with Crippen molar-refractivity contribution in [2.75, 3.05) is 33.2 Å². The third-order valence-electron chi connectivity index (χ3n) is 4.34. The lowest BCUT2D eigenvalue weighted by Crippen LogP contribution is -2.44. The Morgan fingerprint density at radius 3 is 2.39 bits per heavy atom. The van der Waals surface area contributed by atoms with E-state index in [0.29, 0.717) is 5.41 Å². The molecule has 0 saturated heterocycles. The zero-order valence-corrected chi connectivity index (χ0v) is 12.9. The number of unbranched alkanes of at least 4 members (excludes halogenated alkanes) is 1. The van der Waals surface area contributed by atoms with Crippen LogP contribution in [0.4, 0.5) is 0 Å². The van der Waals surface area contributed by atoms with Crippen molar-refractivity contribution in [1.29, 1.82) is 0 Å². The quantitative estimate of drug-likeness (QED) is 0.632. The standard InChI is InChI=1S/C16H34N2/c1-4-6-13-18(3)15-16(14-17-12-5-2)10-8-7-9-11-16/h17H,4-15H2,1-3H3. The second kappa shape index (κ2) is 8.92. The van der Waals surface area contributed by atoms with Crippen LogP contribution in [0, 0.1) is 5.41 Å². The molecule has 0 heterocycles. The minimum absolute atomic E-state index is 0.565. The highest BCUT2D eigenvalue weighted by Gasteiger charge is 2.32. The third kappa shape index (κ3) is 5.71. The van der Waals surface area contributed by atoms with E-state index in [-0.39, 0.29) is 0 Å². The molecule has 1 saturated carbocycles. The van der Waals surface area contributed by atoms with Gasteiger partial charge in [0.15, 0.2) is 0 Å². The Balaban J connectivity index is 2.42. The monoisotopic (exact) mass is 254 g/mol. The highest BCUT2D eigenvalue weighted by atomic mass is 15.1. The van der Waals surface area contributed by atoms with Gasteiger partial charge in [0.1, 0.15) is 0 Å². The molecule has 0 radical (unpaired) electrons. The van der Waals surface area contributed by atoms with E-state index in [1.807, 2.05) is 0 Å². The van der Waals surface area contributed by atoms with Gasteiger partial charge in [-0.3, -0.25) is 0 Å². The fourth-order valence-corrected chi connectivity index (χ4v) is 3.30. The number of rotatable bonds is 9. The van der Waals surface area contributed by atoms with Crippen molar-refractivity contribution < 1.29 is 0 Å². The van der Waals surface area contributed by atoms with Crippen molar-refractivity contribution in [2.24, 2.45) is 5.41 Å². The first-order valence-corrected chi connectivity index (χ1v) is 8.12. The Bertz CT molecular complexity index is 197. The summed E-state index contributed by atoms with van der Waals surface area (Å²) in [5.74, 6) is 0. The summed E-state index contributed by atoms with van der Waals surface area (Å²) in [7, 11) is 2.31. The summed E-state index contributed by atoms with van der Waals surface area (Å²) < 4.78 is 0. The van der Waals surface area contributed by atoms with Crippen molar-refractivity contribution in [3.63, 3.8) is 0 Å². The van der Waals surface area contributed by atoms with Gasteiger partial charge in [0.05, 0.1) is 0 Å². The smallest absolute Gasteiger partial charge is 0.00471 e. The van der Waals surface area contributed by atoms with Gasteiger partial charge in [-0.15, -0.1) is 0 Å². The Morgan fingerprint density at radius 1 is 1.06 bits per heavy atom. The molecule has 2 heteroatoms. The lowest BCUT2D eigenvalue weighted by atomic mass is 9.73. The first kappa shape index (κ1) is 16.0. The molecule has 18 heavy (non-hydrogen) atoms. The van der Waals surface area contributed by atoms with E-state index in [4.69, 9.17) is 0 Å². The largest absolute Gasteiger partial charge is 0.316 e. The lowest BCUT2D eigenvalue weighted by Gasteiger charge is -2.40. The molecule has 1 fully saturated rings. The molecule has 0 aliphatic heterocycles. The molecule has 1 aliphatic rings. The molecule has 108 valence electrons. The fraction of sp³-hybridized carbons (Fsp3) is 1.00. The molecular formula is C16H34N2. The Hall–Kier alpha value is -0.0800. The van der Waals surface area contributed by atoms with E-state index >= 15 is 0 Å². The van der Waals surface area contributed by atoms with Gasteiger partial charge in [0.2, 0.25) is 0 Å². The van der Waals surface area contributed by atoms with Gasteiger partial charge in [-0.2, -0.15) is 0 Å². The van der Waals surface area contributed by atoms with Crippen LogP contribution in [0.3, 0.4) is 0 Å². The van der Waals surface area contributed by atoms with Gasteiger partial charge >= 0.3 is 0 Å². The van der Waals surface area contributed by atoms with Crippen LogP contribution in [0.2, 0.25) is 0 Å². The number of hydrogen-bond acceptors (Lipinski definition) is 2. The molecule has 0 atom stereocenters. The summed E-state index contributed by atoms with van der Waals surface area (Å²) in [6, 6.07) is 0. The molecule has 1 rings (SSSR count). The molecule has 1 aliphatic carbocycles. The van der Waals surface area contributed by atoms with Crippen molar-refractivity contribution >= 4 is 0 Å². The molecule has 2 nitrogen and oxygen atoms in total. The fourth-order valence-electron chi connectivity index (χ4n) is 3.30. The Kier molecular flexibility index (Phi) is 7.92. The van der Waals surface area contributed by atoms with E-state index in [1.165, 1.54) is 77.5 Å². The number of nitrogens with one attached hydrogen (secondary N) is 1. The summed E-state index contributed by atoms with van der Waals surface area (Å²) in [5.41, 5.74) is 0.565. The molecule has 0 aromatic heterocycles.